The van der Waals surface area contributed by atoms with Crippen LogP contribution in [0.2, 0.25) is 9.36 Å². The minimum atomic E-state index is 0.617. The summed E-state index contributed by atoms with van der Waals surface area (Å²) in [5.41, 5.74) is 8.01. The van der Waals surface area contributed by atoms with Crippen molar-refractivity contribution >= 4 is 40.2 Å². The second-order valence-electron chi connectivity index (χ2n) is 4.37. The molecular formula is C14H16Cl2N2S. The highest BCUT2D eigenvalue weighted by molar-refractivity contribution is 7.16. The van der Waals surface area contributed by atoms with Gasteiger partial charge < -0.3 is 10.6 Å². The summed E-state index contributed by atoms with van der Waals surface area (Å²) in [5.74, 6) is 0. The number of halogens is 2. The van der Waals surface area contributed by atoms with E-state index in [4.69, 9.17) is 28.9 Å². The van der Waals surface area contributed by atoms with Gasteiger partial charge >= 0.3 is 0 Å². The Hall–Kier alpha value is -0.740. The highest BCUT2D eigenvalue weighted by atomic mass is 35.5. The van der Waals surface area contributed by atoms with Gasteiger partial charge in [-0.1, -0.05) is 23.2 Å². The molecule has 0 aliphatic heterocycles. The Morgan fingerprint density at radius 2 is 2.00 bits per heavy atom. The molecule has 0 aliphatic carbocycles. The van der Waals surface area contributed by atoms with Gasteiger partial charge in [-0.25, -0.2) is 0 Å². The number of hydrogen-bond acceptors (Lipinski definition) is 3. The van der Waals surface area contributed by atoms with Crippen LogP contribution in [0.15, 0.2) is 30.3 Å². The predicted molar refractivity (Wildman–Crippen MR) is 85.6 cm³/mol. The summed E-state index contributed by atoms with van der Waals surface area (Å²) in [4.78, 5) is 3.44. The van der Waals surface area contributed by atoms with Crippen LogP contribution in [0.3, 0.4) is 0 Å². The van der Waals surface area contributed by atoms with Gasteiger partial charge in [0.1, 0.15) is 0 Å². The van der Waals surface area contributed by atoms with Crippen LogP contribution in [0.25, 0.3) is 0 Å². The van der Waals surface area contributed by atoms with Gasteiger partial charge in [-0.15, -0.1) is 11.3 Å². The molecule has 2 N–H and O–H groups in total. The standard InChI is InChI=1S/C14H16Cl2N2S/c1-18(9-12-3-5-14(16)19-12)13-4-2-11(15)8-10(13)6-7-17/h2-5,8H,6-7,9,17H2,1H3. The number of thiophene rings is 1. The normalized spacial score (nSPS) is 10.7. The van der Waals surface area contributed by atoms with Crippen LogP contribution in [-0.4, -0.2) is 13.6 Å². The lowest BCUT2D eigenvalue weighted by Crippen LogP contribution is -2.18. The molecule has 2 aromatic rings. The second kappa shape index (κ2) is 6.62. The van der Waals surface area contributed by atoms with Crippen molar-refractivity contribution in [2.45, 2.75) is 13.0 Å². The number of nitrogens with two attached hydrogens (primary N) is 1. The third-order valence-electron chi connectivity index (χ3n) is 2.89. The number of nitrogens with zero attached hydrogens (tertiary/aromatic N) is 1. The molecular weight excluding hydrogens is 299 g/mol. The van der Waals surface area contributed by atoms with Crippen molar-refractivity contribution in [1.29, 1.82) is 0 Å². The third-order valence-corrected chi connectivity index (χ3v) is 4.34. The summed E-state index contributed by atoms with van der Waals surface area (Å²) in [6, 6.07) is 9.93. The molecule has 0 saturated carbocycles. The summed E-state index contributed by atoms with van der Waals surface area (Å²) < 4.78 is 0.821. The molecule has 1 heterocycles. The first kappa shape index (κ1) is 14.7. The fourth-order valence-electron chi connectivity index (χ4n) is 2.04. The Morgan fingerprint density at radius 3 is 2.63 bits per heavy atom. The van der Waals surface area contributed by atoms with Crippen LogP contribution in [0.1, 0.15) is 10.4 Å². The highest BCUT2D eigenvalue weighted by Gasteiger charge is 2.09. The first-order valence-corrected chi connectivity index (χ1v) is 7.61. The second-order valence-corrected chi connectivity index (χ2v) is 6.61. The molecule has 0 atom stereocenters. The molecule has 0 fully saturated rings. The molecule has 0 bridgehead atoms. The zero-order chi connectivity index (χ0) is 13.8. The van der Waals surface area contributed by atoms with Crippen molar-refractivity contribution in [1.82, 2.24) is 0 Å². The fourth-order valence-corrected chi connectivity index (χ4v) is 3.37. The molecule has 0 unspecified atom stereocenters. The average Bonchev–Trinajstić information content (AvgIpc) is 2.75. The van der Waals surface area contributed by atoms with Crippen LogP contribution in [0.5, 0.6) is 0 Å². The molecule has 5 heteroatoms. The Morgan fingerprint density at radius 1 is 1.21 bits per heavy atom. The average molecular weight is 315 g/mol. The molecule has 0 amide bonds. The molecule has 2 rings (SSSR count). The SMILES string of the molecule is CN(Cc1ccc(Cl)s1)c1ccc(Cl)cc1CCN. The van der Waals surface area contributed by atoms with E-state index in [0.717, 1.165) is 22.3 Å². The van der Waals surface area contributed by atoms with Crippen LogP contribution in [-0.2, 0) is 13.0 Å². The van der Waals surface area contributed by atoms with Crippen LogP contribution < -0.4 is 10.6 Å². The van der Waals surface area contributed by atoms with Crippen molar-refractivity contribution in [2.75, 3.05) is 18.5 Å². The van der Waals surface area contributed by atoms with Crippen LogP contribution >= 0.6 is 34.5 Å². The van der Waals surface area contributed by atoms with Gasteiger partial charge in [-0.2, -0.15) is 0 Å². The fraction of sp³-hybridized carbons (Fsp3) is 0.286. The maximum Gasteiger partial charge on any atom is 0.0931 e. The molecule has 2 nitrogen and oxygen atoms in total. The third kappa shape index (κ3) is 3.86. The lowest BCUT2D eigenvalue weighted by Gasteiger charge is -2.22. The van der Waals surface area contributed by atoms with E-state index < -0.39 is 0 Å². The van der Waals surface area contributed by atoms with Gasteiger partial charge in [-0.3, -0.25) is 0 Å². The van der Waals surface area contributed by atoms with Crippen molar-refractivity contribution < 1.29 is 0 Å². The predicted octanol–water partition coefficient (Wildman–Crippen LogP) is 4.19. The monoisotopic (exact) mass is 314 g/mol. The number of benzene rings is 1. The van der Waals surface area contributed by atoms with E-state index in [2.05, 4.69) is 18.0 Å². The Balaban J connectivity index is 2.20. The van der Waals surface area contributed by atoms with Crippen LogP contribution in [0.4, 0.5) is 5.69 Å². The van der Waals surface area contributed by atoms with E-state index in [1.807, 2.05) is 24.3 Å². The van der Waals surface area contributed by atoms with E-state index >= 15 is 0 Å². The van der Waals surface area contributed by atoms with E-state index in [1.54, 1.807) is 11.3 Å². The zero-order valence-corrected chi connectivity index (χ0v) is 13.0. The minimum Gasteiger partial charge on any atom is -0.369 e. The summed E-state index contributed by atoms with van der Waals surface area (Å²) in [5, 5.41) is 0.750. The summed E-state index contributed by atoms with van der Waals surface area (Å²) >= 11 is 13.6. The number of anilines is 1. The first-order valence-electron chi connectivity index (χ1n) is 6.04. The molecule has 19 heavy (non-hydrogen) atoms. The Labute approximate surface area is 127 Å². The van der Waals surface area contributed by atoms with Gasteiger partial charge in [0.15, 0.2) is 0 Å². The van der Waals surface area contributed by atoms with E-state index in [1.165, 1.54) is 16.1 Å². The Kier molecular flexibility index (Phi) is 5.11. The maximum atomic E-state index is 6.05. The topological polar surface area (TPSA) is 29.3 Å². The molecule has 0 spiro atoms. The quantitative estimate of drug-likeness (QED) is 0.896. The van der Waals surface area contributed by atoms with Crippen molar-refractivity contribution in [3.05, 3.63) is 50.1 Å². The largest absolute Gasteiger partial charge is 0.369 e. The van der Waals surface area contributed by atoms with E-state index in [9.17, 15) is 0 Å². The summed E-state index contributed by atoms with van der Waals surface area (Å²) in [6.07, 6.45) is 0.825. The zero-order valence-electron chi connectivity index (χ0n) is 10.7. The Bertz CT molecular complexity index is 554. The lowest BCUT2D eigenvalue weighted by atomic mass is 10.1. The molecule has 102 valence electrons. The van der Waals surface area contributed by atoms with Crippen molar-refractivity contribution in [3.8, 4) is 0 Å². The van der Waals surface area contributed by atoms with Gasteiger partial charge in [-0.05, 0) is 48.9 Å². The summed E-state index contributed by atoms with van der Waals surface area (Å²) in [6.45, 7) is 1.45. The summed E-state index contributed by atoms with van der Waals surface area (Å²) in [7, 11) is 2.07. The maximum absolute atomic E-state index is 6.05. The number of hydrogen-bond donors (Lipinski definition) is 1. The molecule has 0 saturated heterocycles. The van der Waals surface area contributed by atoms with E-state index in [0.29, 0.717) is 6.54 Å². The van der Waals surface area contributed by atoms with Crippen molar-refractivity contribution in [3.63, 3.8) is 0 Å². The molecule has 0 aliphatic rings. The van der Waals surface area contributed by atoms with Crippen molar-refractivity contribution in [2.24, 2.45) is 5.73 Å². The van der Waals surface area contributed by atoms with Gasteiger partial charge in [0, 0.05) is 22.6 Å². The molecule has 1 aromatic carbocycles. The minimum absolute atomic E-state index is 0.617. The number of rotatable bonds is 5. The molecule has 1 aromatic heterocycles. The highest BCUT2D eigenvalue weighted by Crippen LogP contribution is 2.28. The van der Waals surface area contributed by atoms with Gasteiger partial charge in [0.2, 0.25) is 0 Å². The molecule has 0 radical (unpaired) electrons. The van der Waals surface area contributed by atoms with Crippen LogP contribution in [0, 0.1) is 0 Å². The van der Waals surface area contributed by atoms with E-state index in [-0.39, 0.29) is 0 Å². The smallest absolute Gasteiger partial charge is 0.0931 e. The first-order chi connectivity index (χ1) is 9.10. The lowest BCUT2D eigenvalue weighted by molar-refractivity contribution is 0.903. The van der Waals surface area contributed by atoms with Gasteiger partial charge in [0.05, 0.1) is 10.9 Å². The van der Waals surface area contributed by atoms with Gasteiger partial charge in [0.25, 0.3) is 0 Å².